The van der Waals surface area contributed by atoms with Crippen molar-refractivity contribution in [2.24, 2.45) is 0 Å². The molecule has 8 aromatic rings. The molecule has 0 aliphatic carbocycles. The van der Waals surface area contributed by atoms with E-state index in [0.29, 0.717) is 81.6 Å². The average molecular weight is 975 g/mol. The summed E-state index contributed by atoms with van der Waals surface area (Å²) in [5.41, 5.74) is 10.0. The summed E-state index contributed by atoms with van der Waals surface area (Å²) in [5, 5.41) is 9.35. The van der Waals surface area contributed by atoms with E-state index in [4.69, 9.17) is 34.6 Å². The third-order valence-corrected chi connectivity index (χ3v) is 13.6. The summed E-state index contributed by atoms with van der Waals surface area (Å²) in [4.78, 5) is 26.3. The molecule has 4 aromatic carbocycles. The number of imidazole rings is 2. The fraction of sp³-hybridized carbons (Fsp3) is 0.190. The average Bonchev–Trinajstić information content (AvgIpc) is 3.90. The van der Waals surface area contributed by atoms with E-state index in [1.54, 1.807) is 59.0 Å². The molecule has 0 aliphatic rings. The van der Waals surface area contributed by atoms with Gasteiger partial charge in [-0.2, -0.15) is 16.8 Å². The van der Waals surface area contributed by atoms with Crippen LogP contribution in [-0.2, 0) is 46.2 Å². The molecule has 8 rings (SSSR count). The maximum Gasteiger partial charge on any atom is 0.294 e. The maximum atomic E-state index is 11.3. The first-order valence-electron chi connectivity index (χ1n) is 19.5. The Morgan fingerprint density at radius 3 is 1.76 bits per heavy atom. The lowest BCUT2D eigenvalue weighted by atomic mass is 10.1. The molecule has 0 fully saturated rings. The monoisotopic (exact) mass is 974 g/mol. The zero-order valence-corrected chi connectivity index (χ0v) is 38.8. The van der Waals surface area contributed by atoms with Crippen molar-refractivity contribution in [3.63, 3.8) is 0 Å². The van der Waals surface area contributed by atoms with Crippen LogP contribution in [0.15, 0.2) is 127 Å². The third-order valence-electron chi connectivity index (χ3n) is 9.88. The van der Waals surface area contributed by atoms with Crippen LogP contribution in [-0.4, -0.2) is 93.4 Å². The normalized spacial score (nSPS) is 11.6. The molecular formula is C42H42N10O10S4. The molecule has 66 heavy (non-hydrogen) atoms. The van der Waals surface area contributed by atoms with Gasteiger partial charge in [0, 0.05) is 13.1 Å². The number of benzene rings is 4. The van der Waals surface area contributed by atoms with Crippen molar-refractivity contribution in [1.29, 1.82) is 5.41 Å². The molecule has 0 atom stereocenters. The quantitative estimate of drug-likeness (QED) is 0.0698. The number of ether oxygens (including phenoxy) is 4. The Kier molecular flexibility index (Phi) is 14.5. The van der Waals surface area contributed by atoms with Crippen LogP contribution in [0.5, 0.6) is 23.0 Å². The molecule has 20 nitrogen and oxygen atoms in total. The first kappa shape index (κ1) is 47.3. The summed E-state index contributed by atoms with van der Waals surface area (Å²) in [6, 6.07) is 23.0. The second kappa shape index (κ2) is 20.2. The number of nitrogens with two attached hydrogens (primary N) is 1. The maximum absolute atomic E-state index is 11.3. The Morgan fingerprint density at radius 1 is 0.682 bits per heavy atom. The van der Waals surface area contributed by atoms with Crippen LogP contribution >= 0.6 is 23.5 Å². The van der Waals surface area contributed by atoms with Crippen LogP contribution in [0.1, 0.15) is 11.1 Å². The number of nitrogens with zero attached hydrogens (tertiary/aromatic N) is 7. The van der Waals surface area contributed by atoms with Crippen molar-refractivity contribution in [2.45, 2.75) is 55.8 Å². The third kappa shape index (κ3) is 11.0. The molecule has 0 amide bonds. The zero-order chi connectivity index (χ0) is 47.2. The van der Waals surface area contributed by atoms with Crippen LogP contribution in [0, 0.1) is 5.41 Å². The van der Waals surface area contributed by atoms with Gasteiger partial charge >= 0.3 is 0 Å². The highest BCUT2D eigenvalue weighted by molar-refractivity contribution is 7.99. The summed E-state index contributed by atoms with van der Waals surface area (Å²) in [6.07, 6.45) is 4.07. The predicted octanol–water partition coefficient (Wildman–Crippen LogP) is 5.96. The van der Waals surface area contributed by atoms with Gasteiger partial charge in [-0.25, -0.2) is 24.9 Å². The van der Waals surface area contributed by atoms with Crippen molar-refractivity contribution in [3.8, 4) is 23.0 Å². The first-order valence-corrected chi connectivity index (χ1v) is 24.0. The van der Waals surface area contributed by atoms with Gasteiger partial charge in [0.25, 0.3) is 20.2 Å². The highest BCUT2D eigenvalue weighted by atomic mass is 32.2. The molecule has 0 bridgehead atoms. The molecule has 0 saturated heterocycles. The predicted molar refractivity (Wildman–Crippen MR) is 245 cm³/mol. The number of hydrogen-bond donors (Lipinski definition) is 5. The van der Waals surface area contributed by atoms with Gasteiger partial charge in [0.05, 0.1) is 54.3 Å². The Hall–Kier alpha value is -6.70. The molecule has 0 radical (unpaired) electrons. The van der Waals surface area contributed by atoms with E-state index >= 15 is 0 Å². The molecular weight excluding hydrogens is 933 g/mol. The van der Waals surface area contributed by atoms with Crippen LogP contribution in [0.25, 0.3) is 22.3 Å². The van der Waals surface area contributed by atoms with Crippen molar-refractivity contribution >= 4 is 71.9 Å². The van der Waals surface area contributed by atoms with E-state index in [-0.39, 0.29) is 21.1 Å². The Balaban J connectivity index is 0.000000196. The van der Waals surface area contributed by atoms with Gasteiger partial charge in [-0.3, -0.25) is 14.5 Å². The molecule has 6 N–H and O–H groups in total. The second-order valence-electron chi connectivity index (χ2n) is 14.0. The van der Waals surface area contributed by atoms with Gasteiger partial charge in [0.2, 0.25) is 0 Å². The second-order valence-corrected chi connectivity index (χ2v) is 18.9. The van der Waals surface area contributed by atoms with Crippen molar-refractivity contribution in [1.82, 2.24) is 39.0 Å². The van der Waals surface area contributed by atoms with E-state index in [2.05, 4.69) is 29.9 Å². The smallest absolute Gasteiger partial charge is 0.294 e. The first-order chi connectivity index (χ1) is 31.6. The lowest BCUT2D eigenvalue weighted by molar-refractivity contribution is 0.394. The van der Waals surface area contributed by atoms with Crippen LogP contribution in [0.2, 0.25) is 0 Å². The van der Waals surface area contributed by atoms with Gasteiger partial charge in [-0.15, -0.1) is 0 Å². The number of aromatic amines is 1. The van der Waals surface area contributed by atoms with E-state index in [1.807, 2.05) is 45.5 Å². The standard InChI is InChI=1S/2C21H21N5O5S2/c1-30-14-5-8-16(31-2)17(11-14)32-21-24-18-19(22)23-12-26(20(18)25-21)10-9-13-3-6-15(7-4-13)33(27,28)29;1-30-14-5-8-16(31-2)17(11-14)32-21-25-18-19(22)23-12-24-20(18)26(21)10-9-13-3-6-15(7-4-13)33(27,28)29/h3-8,11-12,22H,9-10H2,1-2H3,(H,24,25)(H,27,28,29);3-8,11-12H,9-10H2,1-2H3,(H2,22,23,24)(H,27,28,29). The van der Waals surface area contributed by atoms with E-state index < -0.39 is 20.2 Å². The molecule has 344 valence electrons. The molecule has 4 aromatic heterocycles. The fourth-order valence-corrected chi connectivity index (χ4v) is 9.39. The molecule has 0 aliphatic heterocycles. The lowest BCUT2D eigenvalue weighted by Gasteiger charge is -2.12. The number of H-pyrrole nitrogens is 1. The number of nitrogens with one attached hydrogen (secondary N) is 2. The number of anilines is 1. The Labute approximate surface area is 386 Å². The molecule has 24 heteroatoms. The summed E-state index contributed by atoms with van der Waals surface area (Å²) in [6.45, 7) is 0.999. The van der Waals surface area contributed by atoms with Gasteiger partial charge in [-0.05, 0) is 108 Å². The summed E-state index contributed by atoms with van der Waals surface area (Å²) in [5.74, 6) is 2.98. The minimum atomic E-state index is -4.24. The van der Waals surface area contributed by atoms with Gasteiger partial charge in [0.1, 0.15) is 34.8 Å². The number of aryl methyl sites for hydroxylation is 4. The van der Waals surface area contributed by atoms with Crippen molar-refractivity contribution in [3.05, 3.63) is 114 Å². The highest BCUT2D eigenvalue weighted by Gasteiger charge is 2.19. The number of hydrogen-bond acceptors (Lipinski definition) is 17. The zero-order valence-electron chi connectivity index (χ0n) is 35.6. The van der Waals surface area contributed by atoms with E-state index in [9.17, 15) is 21.4 Å². The number of methoxy groups -OCH3 is 4. The number of fused-ring (bicyclic) bond motifs is 2. The van der Waals surface area contributed by atoms with Crippen molar-refractivity contribution < 1.29 is 44.9 Å². The van der Waals surface area contributed by atoms with Gasteiger partial charge in [0.15, 0.2) is 38.4 Å². The molecule has 0 unspecified atom stereocenters. The largest absolute Gasteiger partial charge is 0.497 e. The Morgan fingerprint density at radius 2 is 1.23 bits per heavy atom. The molecule has 0 saturated carbocycles. The van der Waals surface area contributed by atoms with Gasteiger partial charge in [-0.1, -0.05) is 24.3 Å². The Bertz CT molecular complexity index is 3310. The van der Waals surface area contributed by atoms with Gasteiger partial charge < -0.3 is 38.8 Å². The molecule has 4 heterocycles. The van der Waals surface area contributed by atoms with E-state index in [0.717, 1.165) is 20.9 Å². The summed E-state index contributed by atoms with van der Waals surface area (Å²) >= 11 is 2.73. The summed E-state index contributed by atoms with van der Waals surface area (Å²) in [7, 11) is -2.09. The minimum Gasteiger partial charge on any atom is -0.497 e. The molecule has 0 spiro atoms. The van der Waals surface area contributed by atoms with Crippen LogP contribution in [0.4, 0.5) is 5.82 Å². The number of aromatic nitrogens is 8. The van der Waals surface area contributed by atoms with Crippen molar-refractivity contribution in [2.75, 3.05) is 34.2 Å². The number of nitrogen functional groups attached to an aromatic ring is 1. The van der Waals surface area contributed by atoms with Crippen LogP contribution < -0.4 is 30.2 Å². The number of rotatable bonds is 16. The van der Waals surface area contributed by atoms with Crippen LogP contribution in [0.3, 0.4) is 0 Å². The topological polar surface area (TPSA) is 286 Å². The summed E-state index contributed by atoms with van der Waals surface area (Å²) < 4.78 is 88.6. The highest BCUT2D eigenvalue weighted by Crippen LogP contribution is 2.39. The van der Waals surface area contributed by atoms with E-state index in [1.165, 1.54) is 54.1 Å². The lowest BCUT2D eigenvalue weighted by Crippen LogP contribution is -2.13. The SMILES string of the molecule is COc1ccc(OC)c(Sc2nc3c(N)ncnc3n2CCc2ccc(S(=O)(=O)O)cc2)c1.COc1ccc(OC)c(Sc2nc3c([nH]2)c(=N)ncn3CCc2ccc(S(=O)(=O)O)cc2)c1. The fourth-order valence-electron chi connectivity index (χ4n) is 6.46. The minimum absolute atomic E-state index is 0.0794.